The molecule has 10 heterocycles. The lowest BCUT2D eigenvalue weighted by Crippen LogP contribution is -2.40. The molecule has 10 rings (SSSR count). The van der Waals surface area contributed by atoms with Gasteiger partial charge in [-0.1, -0.05) is 32.9 Å². The zero-order valence-corrected chi connectivity index (χ0v) is 48.4. The van der Waals surface area contributed by atoms with E-state index in [0.29, 0.717) is 29.1 Å². The van der Waals surface area contributed by atoms with E-state index in [4.69, 9.17) is 77.9 Å². The number of hydrogen-bond acceptors (Lipinski definition) is 40. The molecule has 40 nitrogen and oxygen atoms in total. The summed E-state index contributed by atoms with van der Waals surface area (Å²) in [5.41, 5.74) is 27.0. The van der Waals surface area contributed by atoms with Crippen molar-refractivity contribution in [3.8, 4) is 0 Å². The third kappa shape index (κ3) is 18.2. The number of nitrogens with two attached hydrogens (primary N) is 5. The maximum Gasteiger partial charge on any atom is 0.223 e. The van der Waals surface area contributed by atoms with Crippen LogP contribution < -0.4 is 28.7 Å². The third-order valence-electron chi connectivity index (χ3n) is 14.6. The number of nitrogens with zero attached hydrogens (tertiary/aromatic N) is 15. The molecule has 0 aliphatic carbocycles. The van der Waals surface area contributed by atoms with Crippen molar-refractivity contribution in [3.63, 3.8) is 0 Å². The maximum absolute atomic E-state index is 9.78. The molecule has 10 aliphatic rings. The van der Waals surface area contributed by atoms with E-state index in [1.165, 1.54) is 31.7 Å². The lowest BCUT2D eigenvalue weighted by molar-refractivity contribution is -0.0250. The van der Waals surface area contributed by atoms with E-state index in [1.54, 1.807) is 24.5 Å². The van der Waals surface area contributed by atoms with Gasteiger partial charge in [-0.25, -0.2) is 25.0 Å². The Morgan fingerprint density at radius 3 is 0.522 bits per heavy atom. The largest absolute Gasteiger partial charge is 0.394 e. The first-order chi connectivity index (χ1) is 42.6. The van der Waals surface area contributed by atoms with Gasteiger partial charge in [0, 0.05) is 0 Å². The van der Waals surface area contributed by atoms with E-state index in [-0.39, 0.29) is 95.6 Å². The van der Waals surface area contributed by atoms with Crippen LogP contribution in [0.3, 0.4) is 0 Å². The van der Waals surface area contributed by atoms with Gasteiger partial charge in [0.1, 0.15) is 183 Å². The molecule has 10 aliphatic heterocycles. The number of hydrogen-bond donors (Lipinski definition) is 20. The fourth-order valence-corrected chi connectivity index (χ4v) is 9.47. The molecule has 500 valence electrons. The molecule has 0 aromatic carbocycles. The summed E-state index contributed by atoms with van der Waals surface area (Å²) in [5.74, 6) is 2.42. The van der Waals surface area contributed by atoms with Crippen molar-refractivity contribution >= 4 is 61.5 Å². The van der Waals surface area contributed by atoms with Crippen molar-refractivity contribution in [2.75, 3.05) is 65.8 Å². The highest BCUT2D eigenvalue weighted by atomic mass is 16.6. The predicted molar refractivity (Wildman–Crippen MR) is 319 cm³/mol. The molecule has 0 amide bonds. The minimum absolute atomic E-state index is 0.109. The van der Waals surface area contributed by atoms with Gasteiger partial charge in [-0.15, -0.1) is 0 Å². The maximum atomic E-state index is 9.78. The molecule has 90 heavy (non-hydrogen) atoms. The van der Waals surface area contributed by atoms with Crippen molar-refractivity contribution in [2.24, 2.45) is 78.6 Å². The lowest BCUT2D eigenvalue weighted by Gasteiger charge is -2.25. The minimum Gasteiger partial charge on any atom is -0.394 e. The molecule has 0 spiro atoms. The zero-order valence-electron chi connectivity index (χ0n) is 48.4. The Bertz CT molecular complexity index is 2420. The summed E-state index contributed by atoms with van der Waals surface area (Å²) in [4.78, 5) is 46.1. The van der Waals surface area contributed by atoms with Crippen molar-refractivity contribution in [3.05, 3.63) is 62.0 Å². The summed E-state index contributed by atoms with van der Waals surface area (Å²) >= 11 is 0. The molecule has 40 heteroatoms. The molecule has 0 bridgehead atoms. The van der Waals surface area contributed by atoms with Crippen LogP contribution in [0.2, 0.25) is 0 Å². The van der Waals surface area contributed by atoms with Crippen LogP contribution in [0.5, 0.6) is 0 Å². The molecule has 0 aromatic heterocycles. The van der Waals surface area contributed by atoms with Gasteiger partial charge in [0.2, 0.25) is 29.8 Å². The number of aliphatic imine (C=N–C) groups is 10. The smallest absolute Gasteiger partial charge is 0.223 e. The van der Waals surface area contributed by atoms with Crippen LogP contribution in [-0.4, -0.2) is 350 Å². The van der Waals surface area contributed by atoms with Crippen LogP contribution >= 0.6 is 0 Å². The Balaban J connectivity index is 0.000000179. The molecule has 25 N–H and O–H groups in total. The number of ether oxygens (including phenoxy) is 5. The second-order valence-electron chi connectivity index (χ2n) is 20.8. The molecular weight excluding hydrogens is 1200 g/mol. The number of guanidine groups is 5. The van der Waals surface area contributed by atoms with Crippen LogP contribution in [0.25, 0.3) is 0 Å². The molecule has 0 saturated carbocycles. The van der Waals surface area contributed by atoms with Gasteiger partial charge in [-0.3, -0.25) is 0 Å². The highest BCUT2D eigenvalue weighted by molar-refractivity contribution is 5.91. The van der Waals surface area contributed by atoms with Gasteiger partial charge >= 0.3 is 0 Å². The van der Waals surface area contributed by atoms with E-state index < -0.39 is 122 Å². The molecule has 0 radical (unpaired) electrons. The molecule has 20 atom stereocenters. The van der Waals surface area contributed by atoms with Gasteiger partial charge < -0.3 is 153 Å². The third-order valence-corrected chi connectivity index (χ3v) is 14.6. The Labute approximate surface area is 513 Å². The predicted octanol–water partition coefficient (Wildman–Crippen LogP) is -12.0. The Hall–Kier alpha value is -7.40. The standard InChI is InChI=1S/5C10H16N4O4/c5*1-5-13-10(11)12-4-14(5)2-6-8(16)9(17)7(3-15)18-6/h5*4,6-9,15-17H,1-3H2,(H2,11,13)/t5*6-,7+,8+,9?/m00000/s1. The molecule has 5 unspecified atom stereocenters. The summed E-state index contributed by atoms with van der Waals surface area (Å²) in [6, 6.07) is 0. The number of aliphatic hydroxyl groups is 15. The lowest BCUT2D eigenvalue weighted by atomic mass is 10.1. The van der Waals surface area contributed by atoms with E-state index >= 15 is 0 Å². The Morgan fingerprint density at radius 1 is 0.278 bits per heavy atom. The topological polar surface area (TPSA) is 620 Å². The molecule has 0 aromatic rings. The second kappa shape index (κ2) is 32.6. The second-order valence-corrected chi connectivity index (χ2v) is 20.8. The fraction of sp³-hybridized carbons (Fsp3) is 0.600. The summed E-state index contributed by atoms with van der Waals surface area (Å²) in [7, 11) is 0. The van der Waals surface area contributed by atoms with Crippen LogP contribution in [0, 0.1) is 0 Å². The summed E-state index contributed by atoms with van der Waals surface area (Å²) < 4.78 is 26.7. The van der Waals surface area contributed by atoms with Crippen LogP contribution in [0.1, 0.15) is 0 Å². The fourth-order valence-electron chi connectivity index (χ4n) is 9.47. The van der Waals surface area contributed by atoms with Crippen LogP contribution in [-0.2, 0) is 23.7 Å². The highest BCUT2D eigenvalue weighted by Crippen LogP contribution is 2.28. The first-order valence-electron chi connectivity index (χ1n) is 27.4. The molecule has 5 saturated heterocycles. The van der Waals surface area contributed by atoms with Crippen LogP contribution in [0.4, 0.5) is 0 Å². The number of aliphatic hydroxyl groups excluding tert-OH is 15. The van der Waals surface area contributed by atoms with Gasteiger partial charge in [0.05, 0.1) is 65.8 Å². The summed E-state index contributed by atoms with van der Waals surface area (Å²) in [6.07, 6.45) is -11.0. The minimum atomic E-state index is -1.11. The highest BCUT2D eigenvalue weighted by Gasteiger charge is 2.47. The monoisotopic (exact) mass is 1280 g/mol. The van der Waals surface area contributed by atoms with E-state index in [2.05, 4.69) is 82.8 Å². The van der Waals surface area contributed by atoms with Crippen molar-refractivity contribution in [1.82, 2.24) is 24.5 Å². The normalized spacial score (nSPS) is 36.1. The quantitative estimate of drug-likeness (QED) is 0.0724. The first kappa shape index (κ1) is 71.7. The summed E-state index contributed by atoms with van der Waals surface area (Å²) in [5, 5.41) is 142. The Morgan fingerprint density at radius 2 is 0.411 bits per heavy atom. The van der Waals surface area contributed by atoms with Crippen molar-refractivity contribution < 1.29 is 100 Å². The van der Waals surface area contributed by atoms with Crippen molar-refractivity contribution in [1.29, 1.82) is 0 Å². The zero-order chi connectivity index (χ0) is 66.4. The molecular formula is C50H80N20O20. The average molecular weight is 1280 g/mol. The molecule has 5 fully saturated rings. The average Bonchev–Trinajstić information content (AvgIpc) is 1.85. The summed E-state index contributed by atoms with van der Waals surface area (Å²) in [6.45, 7) is 17.8. The van der Waals surface area contributed by atoms with Gasteiger partial charge in [-0.2, -0.15) is 25.0 Å². The van der Waals surface area contributed by atoms with Gasteiger partial charge in [-0.05, 0) is 0 Å². The van der Waals surface area contributed by atoms with Gasteiger partial charge in [0.15, 0.2) is 0 Å². The van der Waals surface area contributed by atoms with E-state index in [1.807, 2.05) is 0 Å². The van der Waals surface area contributed by atoms with Gasteiger partial charge in [0.25, 0.3) is 0 Å². The van der Waals surface area contributed by atoms with Crippen molar-refractivity contribution in [2.45, 2.75) is 122 Å². The Kier molecular flexibility index (Phi) is 25.9. The first-order valence-corrected chi connectivity index (χ1v) is 27.4. The van der Waals surface area contributed by atoms with E-state index in [0.717, 1.165) is 0 Å². The number of rotatable bonds is 15. The SMILES string of the molecule is C=C1N=C(N)N=CN1C[C@@H]1O[C@H](CO)C(O)[C@@H]1O.C=C1N=C(N)N=CN1C[C@@H]1O[C@H](CO)C(O)[C@@H]1O.C=C1N=C(N)N=CN1C[C@@H]1O[C@H](CO)C(O)[C@@H]1O.C=C1N=C(N)N=CN1C[C@@H]1O[C@H](CO)C(O)[C@@H]1O.C=C1N=C(N)N=CN1C[C@@H]1O[C@H](CO)C(O)[C@@H]1O. The van der Waals surface area contributed by atoms with Crippen LogP contribution in [0.15, 0.2) is 112 Å². The van der Waals surface area contributed by atoms with E-state index in [9.17, 15) is 51.1 Å².